The second-order valence-electron chi connectivity index (χ2n) is 5.07. The van der Waals surface area contributed by atoms with E-state index in [9.17, 15) is 9.59 Å². The zero-order valence-electron chi connectivity index (χ0n) is 10.9. The van der Waals surface area contributed by atoms with E-state index < -0.39 is 0 Å². The van der Waals surface area contributed by atoms with Crippen molar-refractivity contribution in [2.75, 3.05) is 13.6 Å². The van der Waals surface area contributed by atoms with Crippen LogP contribution in [0.2, 0.25) is 0 Å². The van der Waals surface area contributed by atoms with E-state index >= 15 is 0 Å². The van der Waals surface area contributed by atoms with Crippen LogP contribution in [-0.2, 0) is 4.79 Å². The van der Waals surface area contributed by atoms with Crippen LogP contribution in [0.5, 0.6) is 0 Å². The topological polar surface area (TPSA) is 62.6 Å². The van der Waals surface area contributed by atoms with Crippen molar-refractivity contribution in [1.29, 1.82) is 0 Å². The number of hydrogen-bond donors (Lipinski definition) is 1. The summed E-state index contributed by atoms with van der Waals surface area (Å²) in [6.45, 7) is 5.67. The van der Waals surface area contributed by atoms with Crippen molar-refractivity contribution in [2.45, 2.75) is 26.3 Å². The zero-order chi connectivity index (χ0) is 13.9. The Balaban J connectivity index is 2.61. The zero-order valence-corrected chi connectivity index (χ0v) is 12.5. The number of carbonyl (C=O) groups excluding carboxylic acids is 2. The maximum Gasteiger partial charge on any atom is 0.258 e. The molecular formula is C12H17BrN2O3. The van der Waals surface area contributed by atoms with Crippen molar-refractivity contribution in [2.24, 2.45) is 0 Å². The van der Waals surface area contributed by atoms with Crippen LogP contribution in [-0.4, -0.2) is 35.8 Å². The van der Waals surface area contributed by atoms with E-state index in [2.05, 4.69) is 21.2 Å². The molecule has 0 saturated heterocycles. The van der Waals surface area contributed by atoms with Gasteiger partial charge in [-0.15, -0.1) is 0 Å². The Bertz CT molecular complexity index is 448. The molecule has 6 heteroatoms. The number of nitrogens with one attached hydrogen (secondary N) is 1. The lowest BCUT2D eigenvalue weighted by atomic mass is 10.1. The number of nitrogens with zero attached hydrogens (tertiary/aromatic N) is 1. The van der Waals surface area contributed by atoms with Crippen molar-refractivity contribution < 1.29 is 14.0 Å². The van der Waals surface area contributed by atoms with Gasteiger partial charge in [0.25, 0.3) is 5.91 Å². The van der Waals surface area contributed by atoms with Crippen LogP contribution in [0.3, 0.4) is 0 Å². The lowest BCUT2D eigenvalue weighted by Crippen LogP contribution is -2.46. The summed E-state index contributed by atoms with van der Waals surface area (Å²) < 4.78 is 5.36. The van der Waals surface area contributed by atoms with E-state index in [1.165, 1.54) is 11.2 Å². The maximum atomic E-state index is 12.0. The third kappa shape index (κ3) is 4.18. The van der Waals surface area contributed by atoms with Gasteiger partial charge in [-0.3, -0.25) is 9.59 Å². The van der Waals surface area contributed by atoms with Crippen LogP contribution in [0, 0.1) is 0 Å². The predicted octanol–water partition coefficient (Wildman–Crippen LogP) is 2.03. The van der Waals surface area contributed by atoms with Crippen molar-refractivity contribution in [1.82, 2.24) is 10.2 Å². The van der Waals surface area contributed by atoms with Gasteiger partial charge in [-0.1, -0.05) is 0 Å². The normalized spacial score (nSPS) is 11.2. The van der Waals surface area contributed by atoms with E-state index in [0.29, 0.717) is 10.2 Å². The Morgan fingerprint density at radius 1 is 1.44 bits per heavy atom. The highest BCUT2D eigenvalue weighted by Crippen LogP contribution is 2.18. The van der Waals surface area contributed by atoms with Gasteiger partial charge in [0.1, 0.15) is 0 Å². The first-order valence-corrected chi connectivity index (χ1v) is 6.29. The Morgan fingerprint density at radius 3 is 2.50 bits per heavy atom. The number of rotatable bonds is 3. The van der Waals surface area contributed by atoms with Gasteiger partial charge >= 0.3 is 0 Å². The molecule has 1 N–H and O–H groups in total. The Labute approximate surface area is 115 Å². The van der Waals surface area contributed by atoms with Gasteiger partial charge < -0.3 is 14.6 Å². The Hall–Kier alpha value is -1.30. The molecule has 0 aliphatic carbocycles. The summed E-state index contributed by atoms with van der Waals surface area (Å²) >= 11 is 3.14. The first kappa shape index (κ1) is 14.8. The predicted molar refractivity (Wildman–Crippen MR) is 71.3 cm³/mol. The highest BCUT2D eigenvalue weighted by molar-refractivity contribution is 9.10. The molecule has 0 unspecified atom stereocenters. The minimum Gasteiger partial charge on any atom is -0.457 e. The fourth-order valence-electron chi connectivity index (χ4n) is 1.40. The Morgan fingerprint density at radius 2 is 2.06 bits per heavy atom. The lowest BCUT2D eigenvalue weighted by Gasteiger charge is -2.23. The van der Waals surface area contributed by atoms with Crippen LogP contribution in [0.15, 0.2) is 21.4 Å². The van der Waals surface area contributed by atoms with Gasteiger partial charge in [0, 0.05) is 12.6 Å². The Kier molecular flexibility index (Phi) is 4.56. The summed E-state index contributed by atoms with van der Waals surface area (Å²) in [6, 6.07) is 1.56. The number of hydrogen-bond acceptors (Lipinski definition) is 3. The fraction of sp³-hybridized carbons (Fsp3) is 0.500. The molecule has 1 aromatic heterocycles. The molecule has 18 heavy (non-hydrogen) atoms. The van der Waals surface area contributed by atoms with Crippen molar-refractivity contribution in [3.8, 4) is 0 Å². The van der Waals surface area contributed by atoms with E-state index in [1.54, 1.807) is 13.1 Å². The molecule has 0 radical (unpaired) electrons. The maximum absolute atomic E-state index is 12.0. The summed E-state index contributed by atoms with van der Waals surface area (Å²) in [5, 5.41) is 2.80. The van der Waals surface area contributed by atoms with Gasteiger partial charge in [0.05, 0.1) is 18.4 Å². The smallest absolute Gasteiger partial charge is 0.258 e. The third-order valence-electron chi connectivity index (χ3n) is 2.09. The first-order chi connectivity index (χ1) is 8.20. The standard InChI is InChI=1S/C12H17BrN2O3/c1-12(2,3)14-9(16)7-15(4)11(17)8-5-6-18-10(8)13/h5-6H,7H2,1-4H3,(H,14,16). The second kappa shape index (κ2) is 5.56. The van der Waals surface area contributed by atoms with Crippen LogP contribution in [0.4, 0.5) is 0 Å². The summed E-state index contributed by atoms with van der Waals surface area (Å²) in [7, 11) is 1.57. The molecule has 1 aromatic rings. The molecule has 2 amide bonds. The second-order valence-corrected chi connectivity index (χ2v) is 5.79. The minimum atomic E-state index is -0.308. The number of carbonyl (C=O) groups is 2. The molecular weight excluding hydrogens is 300 g/mol. The highest BCUT2D eigenvalue weighted by Gasteiger charge is 2.21. The molecule has 0 aliphatic rings. The van der Waals surface area contributed by atoms with Crippen molar-refractivity contribution in [3.63, 3.8) is 0 Å². The number of halogens is 1. The molecule has 1 heterocycles. The van der Waals surface area contributed by atoms with E-state index in [0.717, 1.165) is 0 Å². The average molecular weight is 317 g/mol. The number of likely N-dealkylation sites (N-methyl/N-ethyl adjacent to an activating group) is 1. The van der Waals surface area contributed by atoms with Crippen molar-refractivity contribution in [3.05, 3.63) is 22.6 Å². The van der Waals surface area contributed by atoms with Gasteiger partial charge in [-0.05, 0) is 42.8 Å². The van der Waals surface area contributed by atoms with Gasteiger partial charge in [0.2, 0.25) is 5.91 Å². The fourth-order valence-corrected chi connectivity index (χ4v) is 1.81. The van der Waals surface area contributed by atoms with Gasteiger partial charge in [0.15, 0.2) is 4.67 Å². The summed E-state index contributed by atoms with van der Waals surface area (Å²) in [6.07, 6.45) is 1.42. The lowest BCUT2D eigenvalue weighted by molar-refractivity contribution is -0.122. The molecule has 0 spiro atoms. The van der Waals surface area contributed by atoms with E-state index in [4.69, 9.17) is 4.42 Å². The number of furan rings is 1. The molecule has 0 bridgehead atoms. The van der Waals surface area contributed by atoms with Crippen LogP contribution in [0.1, 0.15) is 31.1 Å². The third-order valence-corrected chi connectivity index (χ3v) is 2.70. The molecule has 5 nitrogen and oxygen atoms in total. The first-order valence-electron chi connectivity index (χ1n) is 5.50. The molecule has 1 rings (SSSR count). The van der Waals surface area contributed by atoms with Crippen molar-refractivity contribution >= 4 is 27.7 Å². The summed E-state index contributed by atoms with van der Waals surface area (Å²) in [4.78, 5) is 25.0. The highest BCUT2D eigenvalue weighted by atomic mass is 79.9. The molecule has 0 aromatic carbocycles. The molecule has 0 fully saturated rings. The van der Waals surface area contributed by atoms with Crippen LogP contribution < -0.4 is 5.32 Å². The van der Waals surface area contributed by atoms with E-state index in [-0.39, 0.29) is 23.9 Å². The molecule has 0 saturated carbocycles. The molecule has 100 valence electrons. The summed E-state index contributed by atoms with van der Waals surface area (Å²) in [5.41, 5.74) is 0.0954. The van der Waals surface area contributed by atoms with Gasteiger partial charge in [-0.2, -0.15) is 0 Å². The average Bonchev–Trinajstić information content (AvgIpc) is 2.60. The monoisotopic (exact) mass is 316 g/mol. The van der Waals surface area contributed by atoms with Crippen LogP contribution in [0.25, 0.3) is 0 Å². The SMILES string of the molecule is CN(CC(=O)NC(C)(C)C)C(=O)c1ccoc1Br. The number of amides is 2. The quantitative estimate of drug-likeness (QED) is 0.928. The largest absolute Gasteiger partial charge is 0.457 e. The van der Waals surface area contributed by atoms with Gasteiger partial charge in [-0.25, -0.2) is 0 Å². The van der Waals surface area contributed by atoms with E-state index in [1.807, 2.05) is 20.8 Å². The molecule has 0 atom stereocenters. The summed E-state index contributed by atoms with van der Waals surface area (Å²) in [5.74, 6) is -0.461. The minimum absolute atomic E-state index is 0.00766. The molecule has 0 aliphatic heterocycles. The van der Waals surface area contributed by atoms with Crippen LogP contribution >= 0.6 is 15.9 Å².